The highest BCUT2D eigenvalue weighted by atomic mass is 35.5. The van der Waals surface area contributed by atoms with Crippen LogP contribution < -0.4 is 0 Å². The average molecular weight is 477 g/mol. The molecule has 0 aromatic heterocycles. The first-order valence-corrected chi connectivity index (χ1v) is 12.5. The summed E-state index contributed by atoms with van der Waals surface area (Å²) < 4.78 is 38.6. The standard InChI is InChI=1S/C20H26Cl2N2O5S/c21-16-3-4-17(22)18(12-16)30(26,27)24-8-5-14(6-9-24)19(25)23-7-1-2-15(13-23)20-28-10-11-29-20/h3-4,12,14-15,20H,1-2,5-11,13H2. The van der Waals surface area contributed by atoms with Crippen molar-refractivity contribution in [3.63, 3.8) is 0 Å². The van der Waals surface area contributed by atoms with Crippen molar-refractivity contribution >= 4 is 39.1 Å². The minimum atomic E-state index is -3.75. The topological polar surface area (TPSA) is 76.2 Å². The lowest BCUT2D eigenvalue weighted by Gasteiger charge is -2.38. The van der Waals surface area contributed by atoms with Crippen LogP contribution in [0.2, 0.25) is 10.0 Å². The number of hydrogen-bond donors (Lipinski definition) is 0. The van der Waals surface area contributed by atoms with E-state index in [4.69, 9.17) is 32.7 Å². The summed E-state index contributed by atoms with van der Waals surface area (Å²) >= 11 is 12.1. The zero-order valence-electron chi connectivity index (χ0n) is 16.6. The van der Waals surface area contributed by atoms with Crippen LogP contribution in [0, 0.1) is 11.8 Å². The second kappa shape index (κ2) is 9.30. The highest BCUT2D eigenvalue weighted by Crippen LogP contribution is 2.32. The lowest BCUT2D eigenvalue weighted by atomic mass is 9.92. The predicted octanol–water partition coefficient (Wildman–Crippen LogP) is 3.01. The van der Waals surface area contributed by atoms with Gasteiger partial charge in [-0.1, -0.05) is 23.2 Å². The van der Waals surface area contributed by atoms with Crippen LogP contribution in [-0.2, 0) is 24.3 Å². The fourth-order valence-corrected chi connectivity index (χ4v) is 6.70. The van der Waals surface area contributed by atoms with E-state index in [1.807, 2.05) is 4.90 Å². The molecule has 1 aromatic rings. The van der Waals surface area contributed by atoms with E-state index in [2.05, 4.69) is 0 Å². The number of halogens is 2. The minimum Gasteiger partial charge on any atom is -0.350 e. The van der Waals surface area contributed by atoms with Gasteiger partial charge in [0.1, 0.15) is 4.90 Å². The van der Waals surface area contributed by atoms with Gasteiger partial charge in [0.25, 0.3) is 0 Å². The number of rotatable bonds is 4. The molecule has 0 N–H and O–H groups in total. The molecule has 0 bridgehead atoms. The van der Waals surface area contributed by atoms with Crippen molar-refractivity contribution in [3.8, 4) is 0 Å². The van der Waals surface area contributed by atoms with E-state index >= 15 is 0 Å². The lowest BCUT2D eigenvalue weighted by molar-refractivity contribution is -0.144. The third kappa shape index (κ3) is 4.64. The molecule has 1 atom stereocenters. The molecule has 3 fully saturated rings. The quantitative estimate of drug-likeness (QED) is 0.667. The normalized spacial score (nSPS) is 25.0. The third-order valence-electron chi connectivity index (χ3n) is 6.12. The predicted molar refractivity (Wildman–Crippen MR) is 113 cm³/mol. The van der Waals surface area contributed by atoms with Crippen molar-refractivity contribution in [2.75, 3.05) is 39.4 Å². The molecule has 1 unspecified atom stereocenters. The third-order valence-corrected chi connectivity index (χ3v) is 8.73. The van der Waals surface area contributed by atoms with Crippen molar-refractivity contribution < 1.29 is 22.7 Å². The van der Waals surface area contributed by atoms with Gasteiger partial charge >= 0.3 is 0 Å². The molecule has 0 saturated carbocycles. The molecule has 0 aliphatic carbocycles. The van der Waals surface area contributed by atoms with E-state index in [9.17, 15) is 13.2 Å². The van der Waals surface area contributed by atoms with Gasteiger partial charge in [-0.25, -0.2) is 8.42 Å². The first kappa shape index (κ1) is 22.3. The molecule has 10 heteroatoms. The van der Waals surface area contributed by atoms with Crippen LogP contribution in [0.3, 0.4) is 0 Å². The zero-order chi connectivity index (χ0) is 21.3. The van der Waals surface area contributed by atoms with Crippen molar-refractivity contribution in [2.24, 2.45) is 11.8 Å². The van der Waals surface area contributed by atoms with Crippen molar-refractivity contribution in [1.29, 1.82) is 0 Å². The summed E-state index contributed by atoms with van der Waals surface area (Å²) in [5.41, 5.74) is 0. The molecule has 3 saturated heterocycles. The second-order valence-electron chi connectivity index (χ2n) is 8.05. The van der Waals surface area contributed by atoms with Gasteiger partial charge in [0.05, 0.1) is 18.2 Å². The Hall–Kier alpha value is -0.900. The summed E-state index contributed by atoms with van der Waals surface area (Å²) in [5.74, 6) is 0.140. The van der Waals surface area contributed by atoms with E-state index < -0.39 is 10.0 Å². The summed E-state index contributed by atoms with van der Waals surface area (Å²) in [6, 6.07) is 4.41. The number of hydrogen-bond acceptors (Lipinski definition) is 5. The largest absolute Gasteiger partial charge is 0.350 e. The van der Waals surface area contributed by atoms with Crippen LogP contribution in [0.1, 0.15) is 25.7 Å². The highest BCUT2D eigenvalue weighted by Gasteiger charge is 2.38. The van der Waals surface area contributed by atoms with Gasteiger partial charge in [0, 0.05) is 43.0 Å². The summed E-state index contributed by atoms with van der Waals surface area (Å²) in [7, 11) is -3.75. The highest BCUT2D eigenvalue weighted by molar-refractivity contribution is 7.89. The molecule has 0 radical (unpaired) electrons. The minimum absolute atomic E-state index is 0.0110. The van der Waals surface area contributed by atoms with E-state index in [0.717, 1.165) is 19.4 Å². The van der Waals surface area contributed by atoms with E-state index in [1.54, 1.807) is 6.07 Å². The Morgan fingerprint density at radius 2 is 1.73 bits per heavy atom. The Morgan fingerprint density at radius 3 is 2.43 bits per heavy atom. The smallest absolute Gasteiger partial charge is 0.244 e. The van der Waals surface area contributed by atoms with E-state index in [1.165, 1.54) is 16.4 Å². The van der Waals surface area contributed by atoms with Gasteiger partial charge in [-0.15, -0.1) is 0 Å². The number of carbonyl (C=O) groups excluding carboxylic acids is 1. The first-order valence-electron chi connectivity index (χ1n) is 10.3. The molecule has 1 amide bonds. The van der Waals surface area contributed by atoms with E-state index in [0.29, 0.717) is 37.6 Å². The van der Waals surface area contributed by atoms with Gasteiger partial charge in [0.15, 0.2) is 6.29 Å². The van der Waals surface area contributed by atoms with Gasteiger partial charge < -0.3 is 14.4 Å². The lowest BCUT2D eigenvalue weighted by Crippen LogP contribution is -2.48. The van der Waals surface area contributed by atoms with Crippen LogP contribution in [0.15, 0.2) is 23.1 Å². The Kier molecular flexibility index (Phi) is 6.91. The number of ether oxygens (including phenoxy) is 2. The number of nitrogens with zero attached hydrogens (tertiary/aromatic N) is 2. The molecule has 30 heavy (non-hydrogen) atoms. The molecule has 3 heterocycles. The zero-order valence-corrected chi connectivity index (χ0v) is 19.0. The fraction of sp³-hybridized carbons (Fsp3) is 0.650. The Bertz CT molecular complexity index is 883. The van der Waals surface area contributed by atoms with Crippen molar-refractivity contribution in [3.05, 3.63) is 28.2 Å². The maximum atomic E-state index is 13.1. The van der Waals surface area contributed by atoms with Crippen LogP contribution in [-0.4, -0.2) is 69.2 Å². The number of likely N-dealkylation sites (tertiary alicyclic amines) is 1. The molecule has 0 spiro atoms. The second-order valence-corrected chi connectivity index (χ2v) is 10.8. The van der Waals surface area contributed by atoms with Crippen LogP contribution in [0.5, 0.6) is 0 Å². The maximum Gasteiger partial charge on any atom is 0.244 e. The monoisotopic (exact) mass is 476 g/mol. The Labute approximate surface area is 187 Å². The molecular weight excluding hydrogens is 451 g/mol. The number of piperidine rings is 2. The fourth-order valence-electron chi connectivity index (χ4n) is 4.50. The molecule has 4 rings (SSSR count). The van der Waals surface area contributed by atoms with Gasteiger partial charge in [-0.2, -0.15) is 4.31 Å². The summed E-state index contributed by atoms with van der Waals surface area (Å²) in [5, 5.41) is 0.464. The Balaban J connectivity index is 1.37. The number of carbonyl (C=O) groups is 1. The molecule has 1 aromatic carbocycles. The number of benzene rings is 1. The van der Waals surface area contributed by atoms with Gasteiger partial charge in [-0.3, -0.25) is 4.79 Å². The van der Waals surface area contributed by atoms with Crippen LogP contribution in [0.4, 0.5) is 0 Å². The molecule has 3 aliphatic rings. The number of sulfonamides is 1. The average Bonchev–Trinajstić information content (AvgIpc) is 3.30. The summed E-state index contributed by atoms with van der Waals surface area (Å²) in [4.78, 5) is 15.0. The van der Waals surface area contributed by atoms with Crippen LogP contribution >= 0.6 is 23.2 Å². The van der Waals surface area contributed by atoms with Gasteiger partial charge in [-0.05, 0) is 43.9 Å². The van der Waals surface area contributed by atoms with E-state index in [-0.39, 0.29) is 47.0 Å². The SMILES string of the molecule is O=C(C1CCN(S(=O)(=O)c2cc(Cl)ccc2Cl)CC1)N1CCCC(C2OCCO2)C1. The van der Waals surface area contributed by atoms with Crippen LogP contribution in [0.25, 0.3) is 0 Å². The summed E-state index contributed by atoms with van der Waals surface area (Å²) in [6.45, 7) is 3.16. The molecule has 3 aliphatic heterocycles. The maximum absolute atomic E-state index is 13.1. The van der Waals surface area contributed by atoms with Crippen molar-refractivity contribution in [2.45, 2.75) is 36.9 Å². The molecular formula is C20H26Cl2N2O5S. The summed E-state index contributed by atoms with van der Waals surface area (Å²) in [6.07, 6.45) is 2.70. The first-order chi connectivity index (χ1) is 14.4. The van der Waals surface area contributed by atoms with Gasteiger partial charge in [0.2, 0.25) is 15.9 Å². The molecule has 7 nitrogen and oxygen atoms in total. The Morgan fingerprint density at radius 1 is 1.03 bits per heavy atom. The molecule has 166 valence electrons. The number of amides is 1. The van der Waals surface area contributed by atoms with Crippen molar-refractivity contribution in [1.82, 2.24) is 9.21 Å².